The van der Waals surface area contributed by atoms with E-state index < -0.39 is 0 Å². The first kappa shape index (κ1) is 18.2. The average Bonchev–Trinajstić information content (AvgIpc) is 3.04. The normalized spacial score (nSPS) is 20.5. The molecule has 0 aliphatic carbocycles. The molecule has 2 fully saturated rings. The van der Waals surface area contributed by atoms with E-state index in [2.05, 4.69) is 4.90 Å². The second-order valence-electron chi connectivity index (χ2n) is 6.67. The number of carbonyl (C=O) groups is 3. The minimum Gasteiger partial charge on any atom is -0.466 e. The summed E-state index contributed by atoms with van der Waals surface area (Å²) in [7, 11) is 0. The van der Waals surface area contributed by atoms with E-state index in [4.69, 9.17) is 4.74 Å². The standard InChI is InChI=1S/C19H25N3O4/c1-3-26-19(25)15-12-18(24)22(13-15)17-6-4-16(5-7-17)21-10-8-20(9-11-21)14(2)23/h4-7,15H,3,8-13H2,1-2H3/t15-/m1/s1. The highest BCUT2D eigenvalue weighted by Crippen LogP contribution is 2.28. The molecule has 2 aliphatic rings. The third kappa shape index (κ3) is 3.81. The lowest BCUT2D eigenvalue weighted by molar-refractivity contribution is -0.147. The zero-order valence-electron chi connectivity index (χ0n) is 15.3. The van der Waals surface area contributed by atoms with Crippen LogP contribution in [-0.2, 0) is 19.1 Å². The molecular formula is C19H25N3O4. The highest BCUT2D eigenvalue weighted by atomic mass is 16.5. The zero-order valence-corrected chi connectivity index (χ0v) is 15.3. The fourth-order valence-electron chi connectivity index (χ4n) is 3.50. The van der Waals surface area contributed by atoms with Crippen LogP contribution in [0.1, 0.15) is 20.3 Å². The van der Waals surface area contributed by atoms with Crippen LogP contribution in [0.5, 0.6) is 0 Å². The molecule has 2 heterocycles. The molecule has 7 heteroatoms. The molecule has 1 atom stereocenters. The van der Waals surface area contributed by atoms with Crippen LogP contribution in [0.2, 0.25) is 0 Å². The average molecular weight is 359 g/mol. The fourth-order valence-corrected chi connectivity index (χ4v) is 3.50. The highest BCUT2D eigenvalue weighted by Gasteiger charge is 2.36. The summed E-state index contributed by atoms with van der Waals surface area (Å²) >= 11 is 0. The van der Waals surface area contributed by atoms with Crippen molar-refractivity contribution in [2.75, 3.05) is 49.1 Å². The Morgan fingerprint density at radius 3 is 2.27 bits per heavy atom. The summed E-state index contributed by atoms with van der Waals surface area (Å²) in [5.74, 6) is -0.625. The number of hydrogen-bond donors (Lipinski definition) is 0. The van der Waals surface area contributed by atoms with E-state index in [9.17, 15) is 14.4 Å². The number of piperazine rings is 1. The van der Waals surface area contributed by atoms with Crippen LogP contribution in [0.15, 0.2) is 24.3 Å². The minimum atomic E-state index is -0.387. The van der Waals surface area contributed by atoms with Crippen LogP contribution < -0.4 is 9.80 Å². The Kier molecular flexibility index (Phi) is 5.44. The Labute approximate surface area is 153 Å². The van der Waals surface area contributed by atoms with Gasteiger partial charge in [0.05, 0.1) is 12.5 Å². The van der Waals surface area contributed by atoms with Gasteiger partial charge >= 0.3 is 5.97 Å². The van der Waals surface area contributed by atoms with Crippen molar-refractivity contribution in [1.82, 2.24) is 4.90 Å². The van der Waals surface area contributed by atoms with Gasteiger partial charge in [-0.25, -0.2) is 0 Å². The van der Waals surface area contributed by atoms with Crippen molar-refractivity contribution in [2.45, 2.75) is 20.3 Å². The van der Waals surface area contributed by atoms with Gasteiger partial charge in [-0.15, -0.1) is 0 Å². The zero-order chi connectivity index (χ0) is 18.7. The van der Waals surface area contributed by atoms with Crippen molar-refractivity contribution in [3.8, 4) is 0 Å². The first-order chi connectivity index (χ1) is 12.5. The molecule has 2 saturated heterocycles. The van der Waals surface area contributed by atoms with Crippen molar-refractivity contribution in [3.05, 3.63) is 24.3 Å². The van der Waals surface area contributed by atoms with Gasteiger partial charge in [0.2, 0.25) is 11.8 Å². The molecule has 3 rings (SSSR count). The van der Waals surface area contributed by atoms with Crippen LogP contribution in [-0.4, -0.2) is 62.0 Å². The number of anilines is 2. The Balaban J connectivity index is 1.62. The van der Waals surface area contributed by atoms with Gasteiger partial charge in [0, 0.05) is 57.4 Å². The predicted octanol–water partition coefficient (Wildman–Crippen LogP) is 1.27. The SMILES string of the molecule is CCOC(=O)[C@@H]1CC(=O)N(c2ccc(N3CCN(C(C)=O)CC3)cc2)C1. The Hall–Kier alpha value is -2.57. The van der Waals surface area contributed by atoms with E-state index in [1.807, 2.05) is 29.2 Å². The third-order valence-corrected chi connectivity index (χ3v) is 5.00. The van der Waals surface area contributed by atoms with Gasteiger partial charge < -0.3 is 19.4 Å². The van der Waals surface area contributed by atoms with Crippen LogP contribution in [0.3, 0.4) is 0 Å². The van der Waals surface area contributed by atoms with Crippen molar-refractivity contribution in [3.63, 3.8) is 0 Å². The molecule has 0 aromatic heterocycles. The maximum Gasteiger partial charge on any atom is 0.311 e. The molecule has 1 aromatic rings. The van der Waals surface area contributed by atoms with Crippen LogP contribution in [0.25, 0.3) is 0 Å². The minimum absolute atomic E-state index is 0.0501. The van der Waals surface area contributed by atoms with Gasteiger partial charge in [0.25, 0.3) is 0 Å². The summed E-state index contributed by atoms with van der Waals surface area (Å²) < 4.78 is 5.03. The van der Waals surface area contributed by atoms with Gasteiger partial charge in [-0.2, -0.15) is 0 Å². The number of benzene rings is 1. The largest absolute Gasteiger partial charge is 0.466 e. The second-order valence-corrected chi connectivity index (χ2v) is 6.67. The van der Waals surface area contributed by atoms with Gasteiger partial charge in [0.1, 0.15) is 0 Å². The Morgan fingerprint density at radius 1 is 1.08 bits per heavy atom. The lowest BCUT2D eigenvalue weighted by Gasteiger charge is -2.35. The van der Waals surface area contributed by atoms with E-state index in [-0.39, 0.29) is 30.1 Å². The van der Waals surface area contributed by atoms with Crippen LogP contribution in [0, 0.1) is 5.92 Å². The van der Waals surface area contributed by atoms with E-state index in [0.717, 1.165) is 37.6 Å². The molecule has 2 amide bonds. The van der Waals surface area contributed by atoms with Crippen LogP contribution >= 0.6 is 0 Å². The number of esters is 1. The molecule has 0 spiro atoms. The molecule has 26 heavy (non-hydrogen) atoms. The predicted molar refractivity (Wildman–Crippen MR) is 98.0 cm³/mol. The molecule has 2 aliphatic heterocycles. The monoisotopic (exact) mass is 359 g/mol. The van der Waals surface area contributed by atoms with Gasteiger partial charge in [-0.05, 0) is 31.2 Å². The van der Waals surface area contributed by atoms with Crippen molar-refractivity contribution in [1.29, 1.82) is 0 Å². The molecular weight excluding hydrogens is 334 g/mol. The lowest BCUT2D eigenvalue weighted by Crippen LogP contribution is -2.48. The number of hydrogen-bond acceptors (Lipinski definition) is 5. The number of rotatable bonds is 4. The van der Waals surface area contributed by atoms with Crippen molar-refractivity contribution in [2.24, 2.45) is 5.92 Å². The number of ether oxygens (including phenoxy) is 1. The summed E-state index contributed by atoms with van der Waals surface area (Å²) in [6, 6.07) is 7.81. The topological polar surface area (TPSA) is 70.2 Å². The summed E-state index contributed by atoms with van der Waals surface area (Å²) in [5.41, 5.74) is 1.87. The number of amides is 2. The molecule has 140 valence electrons. The second kappa shape index (κ2) is 7.76. The summed E-state index contributed by atoms with van der Waals surface area (Å²) in [4.78, 5) is 41.3. The van der Waals surface area contributed by atoms with Gasteiger partial charge in [0.15, 0.2) is 0 Å². The van der Waals surface area contributed by atoms with Gasteiger partial charge in [-0.3, -0.25) is 14.4 Å². The molecule has 0 N–H and O–H groups in total. The quantitative estimate of drug-likeness (QED) is 0.757. The Morgan fingerprint density at radius 2 is 1.69 bits per heavy atom. The van der Waals surface area contributed by atoms with E-state index in [1.54, 1.807) is 18.7 Å². The maximum atomic E-state index is 12.3. The summed E-state index contributed by atoms with van der Waals surface area (Å²) in [6.45, 7) is 7.11. The van der Waals surface area contributed by atoms with Crippen molar-refractivity contribution >= 4 is 29.2 Å². The van der Waals surface area contributed by atoms with E-state index in [0.29, 0.717) is 13.2 Å². The third-order valence-electron chi connectivity index (χ3n) is 5.00. The lowest BCUT2D eigenvalue weighted by atomic mass is 10.1. The molecule has 0 radical (unpaired) electrons. The summed E-state index contributed by atoms with van der Waals surface area (Å²) in [5, 5.41) is 0. The molecule has 7 nitrogen and oxygen atoms in total. The Bertz CT molecular complexity index is 681. The summed E-state index contributed by atoms with van der Waals surface area (Å²) in [6.07, 6.45) is 0.202. The highest BCUT2D eigenvalue weighted by molar-refractivity contribution is 5.99. The first-order valence-electron chi connectivity index (χ1n) is 9.07. The molecule has 0 bridgehead atoms. The molecule has 0 unspecified atom stereocenters. The molecule has 0 saturated carbocycles. The van der Waals surface area contributed by atoms with Gasteiger partial charge in [-0.1, -0.05) is 0 Å². The molecule has 1 aromatic carbocycles. The maximum absolute atomic E-state index is 12.3. The van der Waals surface area contributed by atoms with Crippen molar-refractivity contribution < 1.29 is 19.1 Å². The van der Waals surface area contributed by atoms with E-state index >= 15 is 0 Å². The fraction of sp³-hybridized carbons (Fsp3) is 0.526. The first-order valence-corrected chi connectivity index (χ1v) is 9.07. The number of nitrogens with zero attached hydrogens (tertiary/aromatic N) is 3. The number of carbonyl (C=O) groups excluding carboxylic acids is 3. The smallest absolute Gasteiger partial charge is 0.311 e. The van der Waals surface area contributed by atoms with Crippen LogP contribution in [0.4, 0.5) is 11.4 Å². The van der Waals surface area contributed by atoms with E-state index in [1.165, 1.54) is 0 Å².